The van der Waals surface area contributed by atoms with Crippen LogP contribution in [0.15, 0.2) is 24.3 Å². The van der Waals surface area contributed by atoms with E-state index in [2.05, 4.69) is 4.74 Å². The van der Waals surface area contributed by atoms with E-state index in [1.54, 1.807) is 24.3 Å². The third kappa shape index (κ3) is 2.80. The summed E-state index contributed by atoms with van der Waals surface area (Å²) in [6, 6.07) is 6.88. The fourth-order valence-electron chi connectivity index (χ4n) is 1.35. The van der Waals surface area contributed by atoms with Gasteiger partial charge in [-0.2, -0.15) is 0 Å². The summed E-state index contributed by atoms with van der Waals surface area (Å²) in [5, 5.41) is 9.82. The highest BCUT2D eigenvalue weighted by Crippen LogP contribution is 2.22. The van der Waals surface area contributed by atoms with Gasteiger partial charge in [-0.15, -0.1) is 0 Å². The van der Waals surface area contributed by atoms with E-state index >= 15 is 0 Å². The van der Waals surface area contributed by atoms with Crippen molar-refractivity contribution >= 4 is 5.97 Å². The summed E-state index contributed by atoms with van der Waals surface area (Å²) >= 11 is 0. The molecular formula is C12H16O3. The first-order valence-corrected chi connectivity index (χ1v) is 4.92. The van der Waals surface area contributed by atoms with Crippen LogP contribution in [0.3, 0.4) is 0 Å². The van der Waals surface area contributed by atoms with Crippen LogP contribution >= 0.6 is 0 Å². The predicted molar refractivity (Wildman–Crippen MR) is 57.6 cm³/mol. The smallest absolute Gasteiger partial charge is 0.337 e. The lowest BCUT2D eigenvalue weighted by Crippen LogP contribution is -2.07. The molecule has 0 aliphatic carbocycles. The molecule has 3 nitrogen and oxygen atoms in total. The van der Waals surface area contributed by atoms with E-state index < -0.39 is 6.10 Å². The average molecular weight is 208 g/mol. The summed E-state index contributed by atoms with van der Waals surface area (Å²) in [6.07, 6.45) is -0.547. The van der Waals surface area contributed by atoms with Crippen LogP contribution in [0.5, 0.6) is 0 Å². The minimum absolute atomic E-state index is 0.123. The predicted octanol–water partition coefficient (Wildman–Crippen LogP) is 2.16. The molecule has 1 aromatic carbocycles. The van der Waals surface area contributed by atoms with Crippen molar-refractivity contribution < 1.29 is 14.6 Å². The summed E-state index contributed by atoms with van der Waals surface area (Å²) in [6.45, 7) is 3.85. The number of carbonyl (C=O) groups is 1. The Balaban J connectivity index is 2.97. The number of aliphatic hydroxyl groups is 1. The van der Waals surface area contributed by atoms with Crippen molar-refractivity contribution in [2.24, 2.45) is 5.92 Å². The molecule has 0 saturated carbocycles. The van der Waals surface area contributed by atoms with Crippen molar-refractivity contribution in [3.05, 3.63) is 35.4 Å². The number of methoxy groups -OCH3 is 1. The quantitative estimate of drug-likeness (QED) is 0.774. The molecule has 1 atom stereocenters. The van der Waals surface area contributed by atoms with Gasteiger partial charge in [0.1, 0.15) is 0 Å². The van der Waals surface area contributed by atoms with Crippen LogP contribution in [0.4, 0.5) is 0 Å². The minimum atomic E-state index is -0.547. The summed E-state index contributed by atoms with van der Waals surface area (Å²) in [5.74, 6) is -0.259. The monoisotopic (exact) mass is 208 g/mol. The maximum atomic E-state index is 11.3. The van der Waals surface area contributed by atoms with E-state index in [0.717, 1.165) is 5.56 Å². The molecule has 1 N–H and O–H groups in total. The van der Waals surface area contributed by atoms with Gasteiger partial charge < -0.3 is 9.84 Å². The number of rotatable bonds is 3. The van der Waals surface area contributed by atoms with Crippen molar-refractivity contribution in [3.8, 4) is 0 Å². The Morgan fingerprint density at radius 2 is 2.07 bits per heavy atom. The Morgan fingerprint density at radius 1 is 1.40 bits per heavy atom. The fourth-order valence-corrected chi connectivity index (χ4v) is 1.35. The van der Waals surface area contributed by atoms with Gasteiger partial charge in [0.15, 0.2) is 0 Å². The second-order valence-electron chi connectivity index (χ2n) is 3.81. The van der Waals surface area contributed by atoms with E-state index in [1.165, 1.54) is 7.11 Å². The SMILES string of the molecule is COC(=O)c1cccc([C@H](O)C(C)C)c1. The van der Waals surface area contributed by atoms with E-state index in [-0.39, 0.29) is 11.9 Å². The maximum Gasteiger partial charge on any atom is 0.337 e. The Hall–Kier alpha value is -1.35. The van der Waals surface area contributed by atoms with Gasteiger partial charge in [-0.1, -0.05) is 26.0 Å². The van der Waals surface area contributed by atoms with Gasteiger partial charge in [-0.05, 0) is 23.6 Å². The van der Waals surface area contributed by atoms with Crippen molar-refractivity contribution in [2.45, 2.75) is 20.0 Å². The zero-order valence-electron chi connectivity index (χ0n) is 9.23. The first-order valence-electron chi connectivity index (χ1n) is 4.92. The van der Waals surface area contributed by atoms with Gasteiger partial charge in [0.25, 0.3) is 0 Å². The van der Waals surface area contributed by atoms with Gasteiger partial charge in [-0.3, -0.25) is 0 Å². The number of aliphatic hydroxyl groups excluding tert-OH is 1. The van der Waals surface area contributed by atoms with Crippen LogP contribution in [0.1, 0.15) is 35.9 Å². The second-order valence-corrected chi connectivity index (χ2v) is 3.81. The van der Waals surface area contributed by atoms with E-state index in [4.69, 9.17) is 0 Å². The van der Waals surface area contributed by atoms with Crippen LogP contribution in [-0.2, 0) is 4.74 Å². The van der Waals surface area contributed by atoms with Crippen molar-refractivity contribution in [3.63, 3.8) is 0 Å². The minimum Gasteiger partial charge on any atom is -0.465 e. The number of esters is 1. The summed E-state index contributed by atoms with van der Waals surface area (Å²) in [5.41, 5.74) is 1.21. The number of hydrogen-bond donors (Lipinski definition) is 1. The van der Waals surface area contributed by atoms with E-state index in [0.29, 0.717) is 5.56 Å². The Labute approximate surface area is 89.7 Å². The molecule has 1 rings (SSSR count). The summed E-state index contributed by atoms with van der Waals surface area (Å²) < 4.78 is 4.61. The Morgan fingerprint density at radius 3 is 2.60 bits per heavy atom. The van der Waals surface area contributed by atoms with Crippen LogP contribution in [-0.4, -0.2) is 18.2 Å². The number of hydrogen-bond acceptors (Lipinski definition) is 3. The third-order valence-electron chi connectivity index (χ3n) is 2.28. The van der Waals surface area contributed by atoms with Crippen molar-refractivity contribution in [1.29, 1.82) is 0 Å². The molecule has 3 heteroatoms. The highest BCUT2D eigenvalue weighted by atomic mass is 16.5. The molecule has 0 heterocycles. The number of ether oxygens (including phenoxy) is 1. The molecule has 0 aliphatic rings. The topological polar surface area (TPSA) is 46.5 Å². The molecule has 0 amide bonds. The molecule has 0 radical (unpaired) electrons. The molecule has 0 spiro atoms. The van der Waals surface area contributed by atoms with Crippen molar-refractivity contribution in [2.75, 3.05) is 7.11 Å². The molecule has 0 saturated heterocycles. The van der Waals surface area contributed by atoms with Crippen molar-refractivity contribution in [1.82, 2.24) is 0 Å². The summed E-state index contributed by atoms with van der Waals surface area (Å²) in [4.78, 5) is 11.3. The van der Waals surface area contributed by atoms with E-state index in [1.807, 2.05) is 13.8 Å². The largest absolute Gasteiger partial charge is 0.465 e. The van der Waals surface area contributed by atoms with E-state index in [9.17, 15) is 9.90 Å². The molecule has 0 fully saturated rings. The Bertz CT molecular complexity index is 344. The standard InChI is InChI=1S/C12H16O3/c1-8(2)11(13)9-5-4-6-10(7-9)12(14)15-3/h4-8,11,13H,1-3H3/t11-/m1/s1. The van der Waals surface area contributed by atoms with Gasteiger partial charge in [-0.25, -0.2) is 4.79 Å². The maximum absolute atomic E-state index is 11.3. The lowest BCUT2D eigenvalue weighted by atomic mass is 9.98. The highest BCUT2D eigenvalue weighted by molar-refractivity contribution is 5.89. The molecule has 15 heavy (non-hydrogen) atoms. The first-order chi connectivity index (χ1) is 7.06. The Kier molecular flexibility index (Phi) is 3.86. The molecule has 0 aromatic heterocycles. The molecule has 82 valence electrons. The lowest BCUT2D eigenvalue weighted by Gasteiger charge is -2.15. The zero-order chi connectivity index (χ0) is 11.4. The van der Waals surface area contributed by atoms with Crippen LogP contribution in [0.2, 0.25) is 0 Å². The number of carbonyl (C=O) groups excluding carboxylic acids is 1. The molecule has 1 aromatic rings. The van der Waals surface area contributed by atoms with Crippen LogP contribution in [0.25, 0.3) is 0 Å². The average Bonchev–Trinajstić information content (AvgIpc) is 2.27. The lowest BCUT2D eigenvalue weighted by molar-refractivity contribution is 0.0600. The van der Waals surface area contributed by atoms with Crippen LogP contribution in [0, 0.1) is 5.92 Å². The summed E-state index contributed by atoms with van der Waals surface area (Å²) in [7, 11) is 1.34. The normalized spacial score (nSPS) is 12.6. The van der Waals surface area contributed by atoms with Gasteiger partial charge in [0, 0.05) is 0 Å². The third-order valence-corrected chi connectivity index (χ3v) is 2.28. The first kappa shape index (κ1) is 11.7. The molecular weight excluding hydrogens is 192 g/mol. The van der Waals surface area contributed by atoms with Gasteiger partial charge in [0.2, 0.25) is 0 Å². The fraction of sp³-hybridized carbons (Fsp3) is 0.417. The zero-order valence-corrected chi connectivity index (χ0v) is 9.23. The molecule has 0 aliphatic heterocycles. The number of benzene rings is 1. The second kappa shape index (κ2) is 4.94. The molecule has 0 bridgehead atoms. The molecule has 0 unspecified atom stereocenters. The van der Waals surface area contributed by atoms with Gasteiger partial charge >= 0.3 is 5.97 Å². The van der Waals surface area contributed by atoms with Crippen LogP contribution < -0.4 is 0 Å². The van der Waals surface area contributed by atoms with Gasteiger partial charge in [0.05, 0.1) is 18.8 Å². The highest BCUT2D eigenvalue weighted by Gasteiger charge is 2.14.